The van der Waals surface area contributed by atoms with Crippen molar-refractivity contribution >= 4 is 11.0 Å². The minimum Gasteiger partial charge on any atom is -0.341 e. The zero-order valence-electron chi connectivity index (χ0n) is 14.4. The number of nitrogens with zero attached hydrogens (tertiary/aromatic N) is 1. The van der Waals surface area contributed by atoms with Gasteiger partial charge in [0.1, 0.15) is 5.82 Å². The summed E-state index contributed by atoms with van der Waals surface area (Å²) in [4.78, 5) is 8.22. The highest BCUT2D eigenvalue weighted by molar-refractivity contribution is 5.74. The van der Waals surface area contributed by atoms with E-state index in [1.54, 1.807) is 0 Å². The number of hydrogen-bond donors (Lipinski definition) is 2. The molecule has 2 N–H and O–H groups in total. The largest absolute Gasteiger partial charge is 0.341 e. The van der Waals surface area contributed by atoms with Crippen LogP contribution in [-0.2, 0) is 6.54 Å². The van der Waals surface area contributed by atoms with Crippen LogP contribution in [0.2, 0.25) is 0 Å². The van der Waals surface area contributed by atoms with Crippen LogP contribution in [0.4, 0.5) is 0 Å². The van der Waals surface area contributed by atoms with Gasteiger partial charge in [0, 0.05) is 6.54 Å². The average Bonchev–Trinajstić information content (AvgIpc) is 2.94. The summed E-state index contributed by atoms with van der Waals surface area (Å²) >= 11 is 0. The van der Waals surface area contributed by atoms with Gasteiger partial charge in [-0.1, -0.05) is 44.2 Å². The van der Waals surface area contributed by atoms with Crippen LogP contribution in [0, 0.1) is 19.8 Å². The molecule has 0 aliphatic rings. The summed E-state index contributed by atoms with van der Waals surface area (Å²) < 4.78 is 0. The predicted molar refractivity (Wildman–Crippen MR) is 96.4 cm³/mol. The van der Waals surface area contributed by atoms with Gasteiger partial charge < -0.3 is 10.3 Å². The molecular formula is C20H25N3. The molecule has 0 unspecified atom stereocenters. The number of aromatic amines is 1. The van der Waals surface area contributed by atoms with Gasteiger partial charge in [-0.2, -0.15) is 0 Å². The minimum atomic E-state index is 0.212. The highest BCUT2D eigenvalue weighted by Crippen LogP contribution is 2.23. The number of para-hydroxylation sites is 2. The molecule has 0 radical (unpaired) electrons. The van der Waals surface area contributed by atoms with Crippen molar-refractivity contribution in [2.24, 2.45) is 5.92 Å². The lowest BCUT2D eigenvalue weighted by molar-refractivity contribution is 0.396. The summed E-state index contributed by atoms with van der Waals surface area (Å²) in [5, 5.41) is 3.67. The van der Waals surface area contributed by atoms with Crippen molar-refractivity contribution in [1.82, 2.24) is 15.3 Å². The number of nitrogens with one attached hydrogen (secondary N) is 2. The molecule has 0 bridgehead atoms. The summed E-state index contributed by atoms with van der Waals surface area (Å²) in [5.41, 5.74) is 6.12. The van der Waals surface area contributed by atoms with Crippen LogP contribution in [0.1, 0.15) is 42.4 Å². The third-order valence-corrected chi connectivity index (χ3v) is 4.47. The molecule has 0 fully saturated rings. The maximum Gasteiger partial charge on any atom is 0.124 e. The molecule has 3 rings (SSSR count). The molecule has 0 saturated carbocycles. The third-order valence-electron chi connectivity index (χ3n) is 4.47. The number of aryl methyl sites for hydroxylation is 2. The molecular weight excluding hydrogens is 282 g/mol. The minimum absolute atomic E-state index is 0.212. The number of hydrogen-bond acceptors (Lipinski definition) is 2. The monoisotopic (exact) mass is 307 g/mol. The van der Waals surface area contributed by atoms with E-state index in [2.05, 4.69) is 68.3 Å². The van der Waals surface area contributed by atoms with E-state index in [0.29, 0.717) is 5.92 Å². The Kier molecular flexibility index (Phi) is 4.49. The molecule has 0 aliphatic carbocycles. The van der Waals surface area contributed by atoms with Crippen molar-refractivity contribution in [1.29, 1.82) is 0 Å². The Morgan fingerprint density at radius 2 is 1.83 bits per heavy atom. The van der Waals surface area contributed by atoms with Gasteiger partial charge in [-0.05, 0) is 48.6 Å². The maximum absolute atomic E-state index is 4.76. The molecule has 1 atom stereocenters. The molecule has 0 aliphatic heterocycles. The van der Waals surface area contributed by atoms with E-state index in [-0.39, 0.29) is 6.04 Å². The quantitative estimate of drug-likeness (QED) is 0.719. The van der Waals surface area contributed by atoms with Gasteiger partial charge in [-0.3, -0.25) is 0 Å². The third kappa shape index (κ3) is 3.45. The average molecular weight is 307 g/mol. The fourth-order valence-electron chi connectivity index (χ4n) is 2.91. The fraction of sp³-hybridized carbons (Fsp3) is 0.350. The Morgan fingerprint density at radius 1 is 1.04 bits per heavy atom. The molecule has 3 nitrogen and oxygen atoms in total. The van der Waals surface area contributed by atoms with Crippen LogP contribution >= 0.6 is 0 Å². The number of benzene rings is 2. The second-order valence-corrected chi connectivity index (χ2v) is 6.66. The summed E-state index contributed by atoms with van der Waals surface area (Å²) in [7, 11) is 0. The second kappa shape index (κ2) is 6.55. The van der Waals surface area contributed by atoms with Crippen molar-refractivity contribution in [2.75, 3.05) is 0 Å². The first-order valence-electron chi connectivity index (χ1n) is 8.29. The summed E-state index contributed by atoms with van der Waals surface area (Å²) in [6.07, 6.45) is 0. The molecule has 0 spiro atoms. The Balaban J connectivity index is 1.80. The van der Waals surface area contributed by atoms with Crippen LogP contribution in [0.5, 0.6) is 0 Å². The Bertz CT molecular complexity index is 769. The SMILES string of the molecule is Cc1ccc(CN[C@H](c2nc3ccccc3[nH]2)C(C)C)cc1C. The van der Waals surface area contributed by atoms with Crippen LogP contribution < -0.4 is 5.32 Å². The summed E-state index contributed by atoms with van der Waals surface area (Å²) in [6, 6.07) is 15.1. The topological polar surface area (TPSA) is 40.7 Å². The van der Waals surface area contributed by atoms with Gasteiger partial charge in [0.05, 0.1) is 17.1 Å². The molecule has 0 saturated heterocycles. The number of rotatable bonds is 5. The summed E-state index contributed by atoms with van der Waals surface area (Å²) in [5.74, 6) is 1.48. The van der Waals surface area contributed by atoms with E-state index < -0.39 is 0 Å². The smallest absolute Gasteiger partial charge is 0.124 e. The Labute approximate surface area is 138 Å². The number of aromatic nitrogens is 2. The van der Waals surface area contributed by atoms with Gasteiger partial charge in [-0.15, -0.1) is 0 Å². The molecule has 120 valence electrons. The number of fused-ring (bicyclic) bond motifs is 1. The normalized spacial score (nSPS) is 12.9. The zero-order chi connectivity index (χ0) is 16.4. The zero-order valence-corrected chi connectivity index (χ0v) is 14.4. The molecule has 3 heteroatoms. The van der Waals surface area contributed by atoms with Crippen LogP contribution in [-0.4, -0.2) is 9.97 Å². The lowest BCUT2D eigenvalue weighted by Crippen LogP contribution is -2.26. The van der Waals surface area contributed by atoms with Crippen LogP contribution in [0.25, 0.3) is 11.0 Å². The Hall–Kier alpha value is -2.13. The Morgan fingerprint density at radius 3 is 2.52 bits per heavy atom. The van der Waals surface area contributed by atoms with Crippen molar-refractivity contribution in [2.45, 2.75) is 40.3 Å². The van der Waals surface area contributed by atoms with E-state index in [4.69, 9.17) is 4.98 Å². The summed E-state index contributed by atoms with van der Waals surface area (Å²) in [6.45, 7) is 9.62. The van der Waals surface area contributed by atoms with Gasteiger partial charge in [0.2, 0.25) is 0 Å². The van der Waals surface area contributed by atoms with Crippen molar-refractivity contribution in [3.8, 4) is 0 Å². The van der Waals surface area contributed by atoms with Gasteiger partial charge in [0.25, 0.3) is 0 Å². The standard InChI is InChI=1S/C20H25N3/c1-13(2)19(20-22-17-7-5-6-8-18(17)23-20)21-12-16-10-9-14(3)15(4)11-16/h5-11,13,19,21H,12H2,1-4H3,(H,22,23)/t19-/m0/s1. The van der Waals surface area contributed by atoms with E-state index >= 15 is 0 Å². The van der Waals surface area contributed by atoms with E-state index in [9.17, 15) is 0 Å². The number of H-pyrrole nitrogens is 1. The van der Waals surface area contributed by atoms with E-state index in [1.807, 2.05) is 12.1 Å². The highest BCUT2D eigenvalue weighted by Gasteiger charge is 2.19. The molecule has 3 aromatic rings. The van der Waals surface area contributed by atoms with Crippen LogP contribution in [0.15, 0.2) is 42.5 Å². The van der Waals surface area contributed by atoms with Crippen molar-refractivity contribution < 1.29 is 0 Å². The van der Waals surface area contributed by atoms with Crippen LogP contribution in [0.3, 0.4) is 0 Å². The van der Waals surface area contributed by atoms with Crippen molar-refractivity contribution in [3.63, 3.8) is 0 Å². The second-order valence-electron chi connectivity index (χ2n) is 6.66. The number of imidazole rings is 1. The van der Waals surface area contributed by atoms with E-state index in [0.717, 1.165) is 23.4 Å². The maximum atomic E-state index is 4.76. The first-order chi connectivity index (χ1) is 11.0. The molecule has 1 aromatic heterocycles. The van der Waals surface area contributed by atoms with Crippen molar-refractivity contribution in [3.05, 3.63) is 65.0 Å². The van der Waals surface area contributed by atoms with Gasteiger partial charge in [0.15, 0.2) is 0 Å². The molecule has 23 heavy (non-hydrogen) atoms. The van der Waals surface area contributed by atoms with Gasteiger partial charge >= 0.3 is 0 Å². The first-order valence-corrected chi connectivity index (χ1v) is 8.29. The fourth-order valence-corrected chi connectivity index (χ4v) is 2.91. The molecule has 0 amide bonds. The van der Waals surface area contributed by atoms with E-state index in [1.165, 1.54) is 16.7 Å². The highest BCUT2D eigenvalue weighted by atomic mass is 15.0. The molecule has 2 aromatic carbocycles. The lowest BCUT2D eigenvalue weighted by Gasteiger charge is -2.20. The molecule has 1 heterocycles. The first kappa shape index (κ1) is 15.8. The lowest BCUT2D eigenvalue weighted by atomic mass is 10.0. The predicted octanol–water partition coefficient (Wildman–Crippen LogP) is 4.67. The van der Waals surface area contributed by atoms with Gasteiger partial charge in [-0.25, -0.2) is 4.98 Å².